The Morgan fingerprint density at radius 2 is 1.77 bits per heavy atom. The van der Waals surface area contributed by atoms with Gasteiger partial charge in [0.05, 0.1) is 12.8 Å². The van der Waals surface area contributed by atoms with Crippen molar-refractivity contribution >= 4 is 11.6 Å². The van der Waals surface area contributed by atoms with Crippen LogP contribution in [0, 0.1) is 5.82 Å². The first-order valence-electron chi connectivity index (χ1n) is 8.33. The molecule has 0 radical (unpaired) electrons. The van der Waals surface area contributed by atoms with Gasteiger partial charge in [0.2, 0.25) is 0 Å². The summed E-state index contributed by atoms with van der Waals surface area (Å²) in [6, 6.07) is 7.20. The second-order valence-electron chi connectivity index (χ2n) is 5.87. The minimum Gasteiger partial charge on any atom is -0.493 e. The van der Waals surface area contributed by atoms with Crippen molar-refractivity contribution in [2.45, 2.75) is 12.8 Å². The van der Waals surface area contributed by atoms with Crippen LogP contribution in [0.25, 0.3) is 5.69 Å². The lowest BCUT2D eigenvalue weighted by atomic mass is 10.2. The van der Waals surface area contributed by atoms with Gasteiger partial charge in [0.15, 0.2) is 22.9 Å². The molecule has 3 aromatic rings. The van der Waals surface area contributed by atoms with E-state index < -0.39 is 41.6 Å². The third-order valence-electron chi connectivity index (χ3n) is 3.86. The lowest BCUT2D eigenvalue weighted by Crippen LogP contribution is -2.21. The number of alkyl halides is 5. The largest absolute Gasteiger partial charge is 0.493 e. The fourth-order valence-corrected chi connectivity index (χ4v) is 2.58. The third-order valence-corrected chi connectivity index (χ3v) is 3.86. The number of carbonyl (C=O) groups is 1. The number of carbonyl (C=O) groups excluding carboxylic acids is 1. The quantitative estimate of drug-likeness (QED) is 0.572. The van der Waals surface area contributed by atoms with Crippen LogP contribution >= 0.6 is 0 Å². The molecule has 0 unspecified atom stereocenters. The Bertz CT molecular complexity index is 1080. The molecule has 0 fully saturated rings. The summed E-state index contributed by atoms with van der Waals surface area (Å²) >= 11 is 0. The van der Waals surface area contributed by atoms with Crippen molar-refractivity contribution in [2.75, 3.05) is 12.4 Å². The molecule has 2 aromatic carbocycles. The van der Waals surface area contributed by atoms with E-state index in [1.54, 1.807) is 0 Å². The van der Waals surface area contributed by atoms with Crippen LogP contribution < -0.4 is 14.8 Å². The molecule has 1 amide bonds. The molecule has 3 rings (SSSR count). The molecule has 0 atom stereocenters. The van der Waals surface area contributed by atoms with Crippen molar-refractivity contribution in [3.05, 3.63) is 59.7 Å². The van der Waals surface area contributed by atoms with E-state index in [1.165, 1.54) is 19.2 Å². The van der Waals surface area contributed by atoms with Gasteiger partial charge in [-0.2, -0.15) is 22.0 Å². The predicted molar refractivity (Wildman–Crippen MR) is 93.9 cm³/mol. The van der Waals surface area contributed by atoms with Crippen molar-refractivity contribution in [1.29, 1.82) is 0 Å². The SMILES string of the molecule is COc1ccc(NC(=O)c2nnn(-c3ccc(F)cc3)c2C(F)(F)F)cc1OC(F)F. The van der Waals surface area contributed by atoms with Crippen molar-refractivity contribution < 1.29 is 40.6 Å². The van der Waals surface area contributed by atoms with Crippen molar-refractivity contribution in [2.24, 2.45) is 0 Å². The standard InChI is InChI=1S/C18H12F6N4O3/c1-30-12-7-4-10(8-13(12)31-17(20)21)25-16(29)14-15(18(22,23)24)28(27-26-14)11-5-2-9(19)3-6-11/h2-8,17H,1H3,(H,25,29). The van der Waals surface area contributed by atoms with Crippen LogP contribution in [0.4, 0.5) is 32.0 Å². The normalized spacial score (nSPS) is 11.5. The second-order valence-corrected chi connectivity index (χ2v) is 5.87. The maximum absolute atomic E-state index is 13.6. The average Bonchev–Trinajstić information content (AvgIpc) is 3.14. The summed E-state index contributed by atoms with van der Waals surface area (Å²) in [5, 5.41) is 8.76. The number of hydrogen-bond donors (Lipinski definition) is 1. The van der Waals surface area contributed by atoms with Crippen LogP contribution in [0.1, 0.15) is 16.2 Å². The fourth-order valence-electron chi connectivity index (χ4n) is 2.58. The summed E-state index contributed by atoms with van der Waals surface area (Å²) in [5.41, 5.74) is -2.93. The van der Waals surface area contributed by atoms with E-state index in [9.17, 15) is 31.1 Å². The monoisotopic (exact) mass is 446 g/mol. The van der Waals surface area contributed by atoms with E-state index in [1.807, 2.05) is 0 Å². The molecule has 0 saturated carbocycles. The highest BCUT2D eigenvalue weighted by Gasteiger charge is 2.42. The van der Waals surface area contributed by atoms with Crippen molar-refractivity contribution in [3.63, 3.8) is 0 Å². The van der Waals surface area contributed by atoms with Gasteiger partial charge in [0.1, 0.15) is 5.82 Å². The molecular formula is C18H12F6N4O3. The molecule has 13 heteroatoms. The Kier molecular flexibility index (Phi) is 6.04. The number of anilines is 1. The first kappa shape index (κ1) is 21.9. The van der Waals surface area contributed by atoms with Crippen LogP contribution in [-0.2, 0) is 6.18 Å². The highest BCUT2D eigenvalue weighted by molar-refractivity contribution is 6.04. The number of nitrogens with one attached hydrogen (secondary N) is 1. The molecule has 31 heavy (non-hydrogen) atoms. The maximum atomic E-state index is 13.6. The van der Waals surface area contributed by atoms with Crippen LogP contribution in [0.2, 0.25) is 0 Å². The molecule has 0 aliphatic carbocycles. The minimum absolute atomic E-state index is 0.0865. The van der Waals surface area contributed by atoms with Gasteiger partial charge < -0.3 is 14.8 Å². The molecule has 1 aromatic heterocycles. The second kappa shape index (κ2) is 8.53. The molecule has 0 aliphatic heterocycles. The molecule has 1 N–H and O–H groups in total. The number of rotatable bonds is 6. The minimum atomic E-state index is -5.05. The molecule has 1 heterocycles. The Hall–Kier alpha value is -3.77. The third kappa shape index (κ3) is 4.87. The van der Waals surface area contributed by atoms with E-state index in [2.05, 4.69) is 20.4 Å². The summed E-state index contributed by atoms with van der Waals surface area (Å²) in [7, 11) is 1.19. The zero-order valence-corrected chi connectivity index (χ0v) is 15.5. The Balaban J connectivity index is 1.96. The van der Waals surface area contributed by atoms with Gasteiger partial charge >= 0.3 is 12.8 Å². The Morgan fingerprint density at radius 1 is 1.10 bits per heavy atom. The molecule has 0 saturated heterocycles. The maximum Gasteiger partial charge on any atom is 0.435 e. The van der Waals surface area contributed by atoms with E-state index >= 15 is 0 Å². The molecule has 0 bridgehead atoms. The van der Waals surface area contributed by atoms with Gasteiger partial charge in [-0.05, 0) is 36.4 Å². The molecule has 7 nitrogen and oxygen atoms in total. The molecular weight excluding hydrogens is 434 g/mol. The fraction of sp³-hybridized carbons (Fsp3) is 0.167. The molecule has 164 valence electrons. The Morgan fingerprint density at radius 3 is 2.35 bits per heavy atom. The van der Waals surface area contributed by atoms with E-state index in [4.69, 9.17) is 4.74 Å². The number of halogens is 6. The highest BCUT2D eigenvalue weighted by atomic mass is 19.4. The van der Waals surface area contributed by atoms with Crippen LogP contribution in [0.5, 0.6) is 11.5 Å². The lowest BCUT2D eigenvalue weighted by Gasteiger charge is -2.13. The van der Waals surface area contributed by atoms with Crippen LogP contribution in [-0.4, -0.2) is 34.6 Å². The summed E-state index contributed by atoms with van der Waals surface area (Å²) in [5.74, 6) is -2.52. The Labute approximate surface area is 170 Å². The zero-order chi connectivity index (χ0) is 22.8. The molecule has 0 aliphatic rings. The molecule has 0 spiro atoms. The highest BCUT2D eigenvalue weighted by Crippen LogP contribution is 2.34. The number of nitrogens with zero attached hydrogens (tertiary/aromatic N) is 3. The smallest absolute Gasteiger partial charge is 0.435 e. The number of ether oxygens (including phenoxy) is 2. The predicted octanol–water partition coefficient (Wildman–Crippen LogP) is 4.29. The van der Waals surface area contributed by atoms with Crippen molar-refractivity contribution in [1.82, 2.24) is 15.0 Å². The van der Waals surface area contributed by atoms with Crippen LogP contribution in [0.15, 0.2) is 42.5 Å². The summed E-state index contributed by atoms with van der Waals surface area (Å²) in [4.78, 5) is 12.5. The van der Waals surface area contributed by atoms with Gasteiger partial charge in [-0.3, -0.25) is 4.79 Å². The van der Waals surface area contributed by atoms with E-state index in [0.717, 1.165) is 30.3 Å². The number of hydrogen-bond acceptors (Lipinski definition) is 5. The van der Waals surface area contributed by atoms with E-state index in [0.29, 0.717) is 4.68 Å². The first-order valence-corrected chi connectivity index (χ1v) is 8.33. The van der Waals surface area contributed by atoms with Gasteiger partial charge in [0.25, 0.3) is 5.91 Å². The van der Waals surface area contributed by atoms with Crippen LogP contribution in [0.3, 0.4) is 0 Å². The van der Waals surface area contributed by atoms with E-state index in [-0.39, 0.29) is 17.1 Å². The average molecular weight is 446 g/mol. The number of methoxy groups -OCH3 is 1. The number of aromatic nitrogens is 3. The van der Waals surface area contributed by atoms with Crippen molar-refractivity contribution in [3.8, 4) is 17.2 Å². The topological polar surface area (TPSA) is 78.3 Å². The lowest BCUT2D eigenvalue weighted by molar-refractivity contribution is -0.143. The van der Waals surface area contributed by atoms with Gasteiger partial charge in [-0.25, -0.2) is 9.07 Å². The summed E-state index contributed by atoms with van der Waals surface area (Å²) in [6.45, 7) is -3.20. The summed E-state index contributed by atoms with van der Waals surface area (Å²) < 4.78 is 88.5. The first-order chi connectivity index (χ1) is 14.6. The number of benzene rings is 2. The van der Waals surface area contributed by atoms with Gasteiger partial charge in [0, 0.05) is 11.8 Å². The summed E-state index contributed by atoms with van der Waals surface area (Å²) in [6.07, 6.45) is -5.05. The number of amides is 1. The zero-order valence-electron chi connectivity index (χ0n) is 15.5. The van der Waals surface area contributed by atoms with Gasteiger partial charge in [-0.15, -0.1) is 5.10 Å². The van der Waals surface area contributed by atoms with Gasteiger partial charge in [-0.1, -0.05) is 5.21 Å².